The van der Waals surface area contributed by atoms with Crippen molar-refractivity contribution in [2.75, 3.05) is 13.6 Å². The zero-order valence-corrected chi connectivity index (χ0v) is 15.9. The molecule has 0 bridgehead atoms. The van der Waals surface area contributed by atoms with E-state index >= 15 is 0 Å². The third-order valence-corrected chi connectivity index (χ3v) is 5.37. The Balaban J connectivity index is 1.71. The van der Waals surface area contributed by atoms with Crippen LogP contribution in [0, 0.1) is 26.7 Å². The first-order chi connectivity index (χ1) is 12.3. The van der Waals surface area contributed by atoms with Gasteiger partial charge >= 0.3 is 0 Å². The number of likely N-dealkylation sites (tertiary alicyclic amines) is 1. The molecule has 2 aromatic rings. The van der Waals surface area contributed by atoms with Crippen LogP contribution in [0.5, 0.6) is 0 Å². The SMILES string of the molecule is Cc1noc(C)c1CCNC(=O)[C@H]1CC(=O)N(C)[C@@H]1c1cnn(C)c1C. The van der Waals surface area contributed by atoms with Gasteiger partial charge in [-0.05, 0) is 27.2 Å². The molecule has 0 aromatic carbocycles. The van der Waals surface area contributed by atoms with Crippen molar-refractivity contribution in [1.29, 1.82) is 0 Å². The lowest BCUT2D eigenvalue weighted by Gasteiger charge is -2.24. The summed E-state index contributed by atoms with van der Waals surface area (Å²) >= 11 is 0. The molecule has 1 saturated heterocycles. The molecular formula is C18H25N5O3. The van der Waals surface area contributed by atoms with Crippen LogP contribution >= 0.6 is 0 Å². The molecule has 1 N–H and O–H groups in total. The molecule has 0 saturated carbocycles. The molecule has 1 aliphatic rings. The Kier molecular flexibility index (Phi) is 4.84. The molecule has 3 heterocycles. The molecule has 2 atom stereocenters. The van der Waals surface area contributed by atoms with Crippen molar-refractivity contribution in [3.8, 4) is 0 Å². The lowest BCUT2D eigenvalue weighted by Crippen LogP contribution is -2.35. The van der Waals surface area contributed by atoms with Crippen LogP contribution in [0.15, 0.2) is 10.7 Å². The zero-order chi connectivity index (χ0) is 19.0. The number of carbonyl (C=O) groups is 2. The summed E-state index contributed by atoms with van der Waals surface area (Å²) < 4.78 is 6.91. The van der Waals surface area contributed by atoms with Crippen molar-refractivity contribution in [1.82, 2.24) is 25.2 Å². The van der Waals surface area contributed by atoms with E-state index in [1.54, 1.807) is 22.8 Å². The predicted molar refractivity (Wildman–Crippen MR) is 94.3 cm³/mol. The highest BCUT2D eigenvalue weighted by molar-refractivity contribution is 5.90. The predicted octanol–water partition coefficient (Wildman–Crippen LogP) is 1.21. The highest BCUT2D eigenvalue weighted by Crippen LogP contribution is 2.38. The van der Waals surface area contributed by atoms with Gasteiger partial charge in [0.05, 0.1) is 23.9 Å². The van der Waals surface area contributed by atoms with Crippen molar-refractivity contribution in [3.63, 3.8) is 0 Å². The fraction of sp³-hybridized carbons (Fsp3) is 0.556. The van der Waals surface area contributed by atoms with E-state index in [0.29, 0.717) is 13.0 Å². The Morgan fingerprint density at radius 2 is 2.08 bits per heavy atom. The minimum absolute atomic E-state index is 0.0240. The second-order valence-electron chi connectivity index (χ2n) is 6.91. The second-order valence-corrected chi connectivity index (χ2v) is 6.91. The largest absolute Gasteiger partial charge is 0.361 e. The van der Waals surface area contributed by atoms with E-state index in [0.717, 1.165) is 28.3 Å². The summed E-state index contributed by atoms with van der Waals surface area (Å²) in [5.74, 6) is 0.225. The molecule has 8 heteroatoms. The topological polar surface area (TPSA) is 93.3 Å². The first kappa shape index (κ1) is 18.2. The van der Waals surface area contributed by atoms with Crippen LogP contribution in [-0.2, 0) is 23.1 Å². The first-order valence-electron chi connectivity index (χ1n) is 8.74. The minimum atomic E-state index is -0.417. The lowest BCUT2D eigenvalue weighted by atomic mass is 9.93. The van der Waals surface area contributed by atoms with Gasteiger partial charge in [0.1, 0.15) is 5.76 Å². The first-order valence-corrected chi connectivity index (χ1v) is 8.74. The van der Waals surface area contributed by atoms with Crippen molar-refractivity contribution in [2.24, 2.45) is 13.0 Å². The van der Waals surface area contributed by atoms with Crippen LogP contribution in [0.2, 0.25) is 0 Å². The molecule has 1 aliphatic heterocycles. The van der Waals surface area contributed by atoms with Gasteiger partial charge in [0, 0.05) is 43.9 Å². The number of hydrogen-bond donors (Lipinski definition) is 1. The van der Waals surface area contributed by atoms with Crippen LogP contribution in [0.1, 0.15) is 40.7 Å². The summed E-state index contributed by atoms with van der Waals surface area (Å²) in [6, 6.07) is -0.282. The third kappa shape index (κ3) is 3.11. The van der Waals surface area contributed by atoms with Crippen LogP contribution in [0.3, 0.4) is 0 Å². The van der Waals surface area contributed by atoms with Gasteiger partial charge in [-0.2, -0.15) is 5.10 Å². The van der Waals surface area contributed by atoms with E-state index in [9.17, 15) is 9.59 Å². The summed E-state index contributed by atoms with van der Waals surface area (Å²) in [5.41, 5.74) is 3.75. The molecule has 2 amide bonds. The van der Waals surface area contributed by atoms with Gasteiger partial charge in [-0.1, -0.05) is 5.16 Å². The van der Waals surface area contributed by atoms with Crippen molar-refractivity contribution in [2.45, 2.75) is 39.7 Å². The Morgan fingerprint density at radius 3 is 2.65 bits per heavy atom. The van der Waals surface area contributed by atoms with Gasteiger partial charge in [0.15, 0.2) is 0 Å². The molecule has 2 aromatic heterocycles. The minimum Gasteiger partial charge on any atom is -0.361 e. The molecule has 0 spiro atoms. The Labute approximate surface area is 152 Å². The Bertz CT molecular complexity index is 818. The van der Waals surface area contributed by atoms with E-state index in [2.05, 4.69) is 15.6 Å². The summed E-state index contributed by atoms with van der Waals surface area (Å²) in [7, 11) is 3.60. The van der Waals surface area contributed by atoms with Crippen molar-refractivity contribution < 1.29 is 14.1 Å². The molecule has 1 fully saturated rings. The van der Waals surface area contributed by atoms with E-state index in [1.165, 1.54) is 0 Å². The summed E-state index contributed by atoms with van der Waals surface area (Å²) in [5, 5.41) is 11.2. The van der Waals surface area contributed by atoms with E-state index in [4.69, 9.17) is 4.52 Å². The van der Waals surface area contributed by atoms with Gasteiger partial charge in [-0.25, -0.2) is 0 Å². The fourth-order valence-electron chi connectivity index (χ4n) is 3.64. The molecule has 0 radical (unpaired) electrons. The maximum Gasteiger partial charge on any atom is 0.226 e. The van der Waals surface area contributed by atoms with Gasteiger partial charge in [0.25, 0.3) is 0 Å². The molecule has 140 valence electrons. The van der Waals surface area contributed by atoms with Gasteiger partial charge in [0.2, 0.25) is 11.8 Å². The number of nitrogens with one attached hydrogen (secondary N) is 1. The number of amides is 2. The Morgan fingerprint density at radius 1 is 1.35 bits per heavy atom. The number of carbonyl (C=O) groups excluding carboxylic acids is 2. The molecule has 0 unspecified atom stereocenters. The summed E-state index contributed by atoms with van der Waals surface area (Å²) in [6.07, 6.45) is 2.62. The van der Waals surface area contributed by atoms with Crippen LogP contribution in [0.4, 0.5) is 0 Å². The lowest BCUT2D eigenvalue weighted by molar-refractivity contribution is -0.128. The van der Waals surface area contributed by atoms with E-state index in [1.807, 2.05) is 27.8 Å². The quantitative estimate of drug-likeness (QED) is 0.866. The van der Waals surface area contributed by atoms with Crippen LogP contribution < -0.4 is 5.32 Å². The average Bonchev–Trinajstić information content (AvgIpc) is 3.20. The van der Waals surface area contributed by atoms with E-state index < -0.39 is 5.92 Å². The molecular weight excluding hydrogens is 334 g/mol. The van der Waals surface area contributed by atoms with Crippen molar-refractivity contribution >= 4 is 11.8 Å². The number of aromatic nitrogens is 3. The Hall–Kier alpha value is -2.64. The number of aryl methyl sites for hydroxylation is 3. The number of hydrogen-bond acceptors (Lipinski definition) is 5. The maximum absolute atomic E-state index is 12.8. The monoisotopic (exact) mass is 359 g/mol. The molecule has 8 nitrogen and oxygen atoms in total. The zero-order valence-electron chi connectivity index (χ0n) is 15.9. The van der Waals surface area contributed by atoms with Crippen LogP contribution in [0.25, 0.3) is 0 Å². The second kappa shape index (κ2) is 6.93. The van der Waals surface area contributed by atoms with Gasteiger partial charge in [-0.15, -0.1) is 0 Å². The number of rotatable bonds is 5. The summed E-state index contributed by atoms with van der Waals surface area (Å²) in [6.45, 7) is 6.18. The van der Waals surface area contributed by atoms with Crippen molar-refractivity contribution in [3.05, 3.63) is 34.5 Å². The molecule has 0 aliphatic carbocycles. The standard InChI is InChI=1S/C18H25N5O3/c1-10-13(12(3)26-21-10)6-7-19-18(25)14-8-16(24)22(4)17(14)15-9-20-23(5)11(15)2/h9,14,17H,6-8H2,1-5H3,(H,19,25)/t14-,17-/m0/s1. The highest BCUT2D eigenvalue weighted by Gasteiger charge is 2.43. The average molecular weight is 359 g/mol. The van der Waals surface area contributed by atoms with E-state index in [-0.39, 0.29) is 24.3 Å². The smallest absolute Gasteiger partial charge is 0.226 e. The third-order valence-electron chi connectivity index (χ3n) is 5.37. The fourth-order valence-corrected chi connectivity index (χ4v) is 3.64. The van der Waals surface area contributed by atoms with Gasteiger partial charge < -0.3 is 14.7 Å². The molecule has 26 heavy (non-hydrogen) atoms. The summed E-state index contributed by atoms with van der Waals surface area (Å²) in [4.78, 5) is 26.7. The molecule has 3 rings (SSSR count). The number of nitrogens with zero attached hydrogens (tertiary/aromatic N) is 4. The highest BCUT2D eigenvalue weighted by atomic mass is 16.5. The normalized spacial score (nSPS) is 20.0. The maximum atomic E-state index is 12.8. The van der Waals surface area contributed by atoms with Gasteiger partial charge in [-0.3, -0.25) is 14.3 Å². The van der Waals surface area contributed by atoms with Crippen LogP contribution in [-0.4, -0.2) is 45.2 Å².